The molecule has 1 heterocycles. The van der Waals surface area contributed by atoms with Gasteiger partial charge < -0.3 is 25.4 Å². The molecule has 3 N–H and O–H groups in total. The second-order valence-corrected chi connectivity index (χ2v) is 4.27. The Morgan fingerprint density at radius 2 is 2.32 bits per heavy atom. The Hall–Kier alpha value is -1.83. The van der Waals surface area contributed by atoms with Gasteiger partial charge in [0, 0.05) is 26.7 Å². The first-order chi connectivity index (χ1) is 9.02. The van der Waals surface area contributed by atoms with Crippen LogP contribution < -0.4 is 10.6 Å². The minimum absolute atomic E-state index is 0.0163. The summed E-state index contributed by atoms with van der Waals surface area (Å²) >= 11 is 0. The Balaban J connectivity index is 2.40. The molecule has 8 heteroatoms. The molecule has 1 fully saturated rings. The van der Waals surface area contributed by atoms with Gasteiger partial charge in [-0.25, -0.2) is 4.79 Å². The van der Waals surface area contributed by atoms with Crippen molar-refractivity contribution in [2.75, 3.05) is 33.3 Å². The van der Waals surface area contributed by atoms with E-state index >= 15 is 0 Å². The van der Waals surface area contributed by atoms with Gasteiger partial charge in [0.05, 0.1) is 12.5 Å². The maximum atomic E-state index is 11.8. The van der Waals surface area contributed by atoms with E-state index < -0.39 is 12.1 Å². The molecule has 0 aliphatic carbocycles. The van der Waals surface area contributed by atoms with Gasteiger partial charge in [-0.05, 0) is 6.42 Å². The second kappa shape index (κ2) is 7.57. The van der Waals surface area contributed by atoms with E-state index in [9.17, 15) is 14.4 Å². The first-order valence-electron chi connectivity index (χ1n) is 6.07. The molecule has 1 aliphatic heterocycles. The van der Waals surface area contributed by atoms with Crippen molar-refractivity contribution in [1.82, 2.24) is 15.5 Å². The summed E-state index contributed by atoms with van der Waals surface area (Å²) in [6.07, 6.45) is -0.0681. The van der Waals surface area contributed by atoms with Crippen molar-refractivity contribution >= 4 is 17.9 Å². The Kier molecular flexibility index (Phi) is 6.07. The van der Waals surface area contributed by atoms with Gasteiger partial charge in [0.2, 0.25) is 5.91 Å². The van der Waals surface area contributed by atoms with Gasteiger partial charge >= 0.3 is 12.0 Å². The van der Waals surface area contributed by atoms with Crippen LogP contribution in [0.25, 0.3) is 0 Å². The van der Waals surface area contributed by atoms with Crippen LogP contribution in [-0.4, -0.2) is 67.3 Å². The SMILES string of the molecule is COC(CNC(=O)N1CCCNC(=O)C1)CC(=O)O. The minimum atomic E-state index is -0.991. The van der Waals surface area contributed by atoms with Crippen LogP contribution in [0.1, 0.15) is 12.8 Å². The molecule has 1 rings (SSSR count). The van der Waals surface area contributed by atoms with Crippen LogP contribution in [0.5, 0.6) is 0 Å². The highest BCUT2D eigenvalue weighted by atomic mass is 16.5. The highest BCUT2D eigenvalue weighted by Gasteiger charge is 2.21. The maximum absolute atomic E-state index is 11.8. The molecule has 1 aliphatic rings. The summed E-state index contributed by atoms with van der Waals surface area (Å²) in [5, 5.41) is 13.9. The Bertz CT molecular complexity index is 347. The van der Waals surface area contributed by atoms with Crippen molar-refractivity contribution in [2.45, 2.75) is 18.9 Å². The maximum Gasteiger partial charge on any atom is 0.317 e. The lowest BCUT2D eigenvalue weighted by Crippen LogP contribution is -2.46. The zero-order chi connectivity index (χ0) is 14.3. The van der Waals surface area contributed by atoms with Crippen LogP contribution in [0.2, 0.25) is 0 Å². The third-order valence-corrected chi connectivity index (χ3v) is 2.77. The van der Waals surface area contributed by atoms with Gasteiger partial charge in [0.1, 0.15) is 6.54 Å². The largest absolute Gasteiger partial charge is 0.481 e. The number of methoxy groups -OCH3 is 1. The van der Waals surface area contributed by atoms with Gasteiger partial charge in [-0.2, -0.15) is 0 Å². The van der Waals surface area contributed by atoms with E-state index in [1.807, 2.05) is 0 Å². The number of aliphatic carboxylic acids is 1. The summed E-state index contributed by atoms with van der Waals surface area (Å²) in [7, 11) is 1.39. The minimum Gasteiger partial charge on any atom is -0.481 e. The third-order valence-electron chi connectivity index (χ3n) is 2.77. The molecule has 0 radical (unpaired) electrons. The lowest BCUT2D eigenvalue weighted by atomic mass is 10.2. The summed E-state index contributed by atoms with van der Waals surface area (Å²) in [4.78, 5) is 35.1. The molecule has 1 atom stereocenters. The number of carboxylic acid groups (broad SMARTS) is 1. The van der Waals surface area contributed by atoms with Crippen LogP contribution in [-0.2, 0) is 14.3 Å². The molecule has 0 saturated carbocycles. The molecule has 0 aromatic heterocycles. The predicted molar refractivity (Wildman–Crippen MR) is 65.6 cm³/mol. The van der Waals surface area contributed by atoms with Crippen LogP contribution in [0.15, 0.2) is 0 Å². The highest BCUT2D eigenvalue weighted by molar-refractivity contribution is 5.84. The zero-order valence-electron chi connectivity index (χ0n) is 10.8. The Morgan fingerprint density at radius 1 is 1.58 bits per heavy atom. The van der Waals surface area contributed by atoms with Crippen LogP contribution >= 0.6 is 0 Å². The molecular weight excluding hydrogens is 254 g/mol. The average molecular weight is 273 g/mol. The lowest BCUT2D eigenvalue weighted by molar-refractivity contribution is -0.139. The quantitative estimate of drug-likeness (QED) is 0.596. The number of ether oxygens (including phenoxy) is 1. The van der Waals surface area contributed by atoms with Gasteiger partial charge in [0.15, 0.2) is 0 Å². The van der Waals surface area contributed by atoms with Crippen LogP contribution in [0.3, 0.4) is 0 Å². The lowest BCUT2D eigenvalue weighted by Gasteiger charge is -2.21. The Morgan fingerprint density at radius 3 is 2.95 bits per heavy atom. The molecule has 0 aromatic carbocycles. The fourth-order valence-corrected chi connectivity index (χ4v) is 1.73. The summed E-state index contributed by atoms with van der Waals surface area (Å²) in [6.45, 7) is 1.16. The number of hydrogen-bond donors (Lipinski definition) is 3. The fourth-order valence-electron chi connectivity index (χ4n) is 1.73. The van der Waals surface area contributed by atoms with Gasteiger partial charge in [0.25, 0.3) is 0 Å². The van der Waals surface area contributed by atoms with E-state index in [2.05, 4.69) is 10.6 Å². The average Bonchev–Trinajstić information content (AvgIpc) is 2.58. The number of carbonyl (C=O) groups is 3. The number of rotatable bonds is 5. The van der Waals surface area contributed by atoms with Crippen molar-refractivity contribution < 1.29 is 24.2 Å². The van der Waals surface area contributed by atoms with Crippen molar-refractivity contribution in [3.63, 3.8) is 0 Å². The molecule has 0 spiro atoms. The summed E-state index contributed by atoms with van der Waals surface area (Å²) in [5.41, 5.74) is 0. The summed E-state index contributed by atoms with van der Waals surface area (Å²) < 4.78 is 4.95. The third kappa shape index (κ3) is 5.56. The normalized spacial score (nSPS) is 17.3. The number of hydrogen-bond acceptors (Lipinski definition) is 4. The van der Waals surface area contributed by atoms with Crippen LogP contribution in [0, 0.1) is 0 Å². The number of nitrogens with one attached hydrogen (secondary N) is 2. The van der Waals surface area contributed by atoms with Gasteiger partial charge in [-0.15, -0.1) is 0 Å². The molecule has 1 unspecified atom stereocenters. The number of amides is 3. The molecule has 108 valence electrons. The molecule has 8 nitrogen and oxygen atoms in total. The van der Waals surface area contributed by atoms with Crippen molar-refractivity contribution in [2.24, 2.45) is 0 Å². The van der Waals surface area contributed by atoms with Gasteiger partial charge in [-0.3, -0.25) is 9.59 Å². The molecule has 1 saturated heterocycles. The number of urea groups is 1. The smallest absolute Gasteiger partial charge is 0.317 e. The predicted octanol–water partition coefficient (Wildman–Crippen LogP) is -0.992. The molecule has 0 bridgehead atoms. The molecule has 0 aromatic rings. The fraction of sp³-hybridized carbons (Fsp3) is 0.727. The highest BCUT2D eigenvalue weighted by Crippen LogP contribution is 1.99. The van der Waals surface area contributed by atoms with E-state index in [-0.39, 0.29) is 31.4 Å². The molecular formula is C11H19N3O5. The monoisotopic (exact) mass is 273 g/mol. The summed E-state index contributed by atoms with van der Waals surface area (Å²) in [6, 6.07) is -0.385. The standard InChI is InChI=1S/C11H19N3O5/c1-19-8(5-10(16)17)6-13-11(18)14-4-2-3-12-9(15)7-14/h8H,2-7H2,1H3,(H,12,15)(H,13,18)(H,16,17). The first-order valence-corrected chi connectivity index (χ1v) is 6.07. The van der Waals surface area contributed by atoms with E-state index in [1.165, 1.54) is 12.0 Å². The van der Waals surface area contributed by atoms with E-state index in [0.717, 1.165) is 0 Å². The van der Waals surface area contributed by atoms with Crippen LogP contribution in [0.4, 0.5) is 4.79 Å². The van der Waals surface area contributed by atoms with Gasteiger partial charge in [-0.1, -0.05) is 0 Å². The topological polar surface area (TPSA) is 108 Å². The van der Waals surface area contributed by atoms with Crippen molar-refractivity contribution in [3.8, 4) is 0 Å². The van der Waals surface area contributed by atoms with Crippen molar-refractivity contribution in [1.29, 1.82) is 0 Å². The summed E-state index contributed by atoms with van der Waals surface area (Å²) in [5.74, 6) is -1.18. The molecule has 19 heavy (non-hydrogen) atoms. The van der Waals surface area contributed by atoms with E-state index in [1.54, 1.807) is 0 Å². The number of carboxylic acids is 1. The zero-order valence-corrected chi connectivity index (χ0v) is 10.8. The van der Waals surface area contributed by atoms with Crippen molar-refractivity contribution in [3.05, 3.63) is 0 Å². The number of nitrogens with zero attached hydrogens (tertiary/aromatic N) is 1. The first kappa shape index (κ1) is 15.2. The number of carbonyl (C=O) groups excluding carboxylic acids is 2. The van der Waals surface area contributed by atoms with E-state index in [4.69, 9.17) is 9.84 Å². The second-order valence-electron chi connectivity index (χ2n) is 4.27. The van der Waals surface area contributed by atoms with E-state index in [0.29, 0.717) is 19.5 Å². The Labute approximate surface area is 111 Å². The molecule has 3 amide bonds.